The Morgan fingerprint density at radius 1 is 1.15 bits per heavy atom. The summed E-state index contributed by atoms with van der Waals surface area (Å²) in [5.74, 6) is -0.198. The van der Waals surface area contributed by atoms with E-state index >= 15 is 0 Å². The van der Waals surface area contributed by atoms with Crippen molar-refractivity contribution in [1.82, 2.24) is 0 Å². The van der Waals surface area contributed by atoms with Gasteiger partial charge in [-0.05, 0) is 23.8 Å². The molecule has 3 N–H and O–H groups in total. The summed E-state index contributed by atoms with van der Waals surface area (Å²) in [6.07, 6.45) is 0. The number of nitrogens with zero attached hydrogens (tertiary/aromatic N) is 1. The Balaban J connectivity index is 2.24. The van der Waals surface area contributed by atoms with Crippen LogP contribution in [-0.2, 0) is 0 Å². The third kappa shape index (κ3) is 1.86. The van der Waals surface area contributed by atoms with Gasteiger partial charge in [0.2, 0.25) is 0 Å². The molecule has 1 aliphatic rings. The van der Waals surface area contributed by atoms with E-state index in [-0.39, 0.29) is 17.4 Å². The normalized spacial score (nSPS) is 17.1. The summed E-state index contributed by atoms with van der Waals surface area (Å²) in [5.41, 5.74) is 8.30. The van der Waals surface area contributed by atoms with Gasteiger partial charge in [0, 0.05) is 11.3 Å². The lowest BCUT2D eigenvalue weighted by Crippen LogP contribution is -2.16. The highest BCUT2D eigenvalue weighted by Gasteiger charge is 2.31. The predicted octanol–water partition coefficient (Wildman–Crippen LogP) is 3.09. The van der Waals surface area contributed by atoms with E-state index < -0.39 is 0 Å². The lowest BCUT2D eigenvalue weighted by Gasteiger charge is -2.25. The quantitative estimate of drug-likeness (QED) is 0.776. The maximum Gasteiger partial charge on any atom is 0.297 e. The molecule has 4 nitrogen and oxygen atoms in total. The zero-order valence-electron chi connectivity index (χ0n) is 10.6. The van der Waals surface area contributed by atoms with Gasteiger partial charge in [-0.2, -0.15) is 5.26 Å². The largest absolute Gasteiger partial charge is 0.480 e. The molecule has 0 aromatic heterocycles. The number of aliphatic hydroxyl groups is 1. The molecule has 98 valence electrons. The Hall–Kier alpha value is -2.93. The van der Waals surface area contributed by atoms with Crippen LogP contribution in [0.5, 0.6) is 5.75 Å². The fraction of sp³-hybridized carbons (Fsp3) is 0.0625. The fourth-order valence-corrected chi connectivity index (χ4v) is 2.43. The third-order valence-corrected chi connectivity index (χ3v) is 3.32. The number of nitriles is 1. The Morgan fingerprint density at radius 3 is 2.60 bits per heavy atom. The van der Waals surface area contributed by atoms with Crippen molar-refractivity contribution in [3.8, 4) is 11.8 Å². The van der Waals surface area contributed by atoms with Crippen LogP contribution < -0.4 is 10.5 Å². The number of hydrogen-bond acceptors (Lipinski definition) is 4. The summed E-state index contributed by atoms with van der Waals surface area (Å²) >= 11 is 0. The molecule has 0 fully saturated rings. The van der Waals surface area contributed by atoms with Crippen LogP contribution in [0.1, 0.15) is 17.0 Å². The van der Waals surface area contributed by atoms with Gasteiger partial charge in [-0.15, -0.1) is 0 Å². The topological polar surface area (TPSA) is 79.3 Å². The predicted molar refractivity (Wildman–Crippen MR) is 75.0 cm³/mol. The van der Waals surface area contributed by atoms with Gasteiger partial charge in [-0.25, -0.2) is 0 Å². The number of nitrogen functional groups attached to an aromatic ring is 1. The van der Waals surface area contributed by atoms with Gasteiger partial charge in [-0.1, -0.05) is 30.3 Å². The SMILES string of the molecule is N#CC1=C(O)Oc2ccc(N)cc2[C@H]1c1ccccc1. The number of hydrogen-bond donors (Lipinski definition) is 2. The lowest BCUT2D eigenvalue weighted by atomic mass is 9.83. The molecule has 0 spiro atoms. The molecule has 1 aliphatic heterocycles. The van der Waals surface area contributed by atoms with E-state index in [1.165, 1.54) is 0 Å². The molecular formula is C16H12N2O2. The Labute approximate surface area is 116 Å². The van der Waals surface area contributed by atoms with Crippen LogP contribution in [0, 0.1) is 11.3 Å². The number of nitrogens with two attached hydrogens (primary N) is 1. The fourth-order valence-electron chi connectivity index (χ4n) is 2.43. The van der Waals surface area contributed by atoms with Gasteiger partial charge in [0.15, 0.2) is 0 Å². The Morgan fingerprint density at radius 2 is 1.90 bits per heavy atom. The maximum absolute atomic E-state index is 9.92. The molecule has 0 radical (unpaired) electrons. The summed E-state index contributed by atoms with van der Waals surface area (Å²) < 4.78 is 5.30. The number of allylic oxidation sites excluding steroid dienone is 1. The second-order valence-corrected chi connectivity index (χ2v) is 4.57. The third-order valence-electron chi connectivity index (χ3n) is 3.32. The van der Waals surface area contributed by atoms with E-state index in [2.05, 4.69) is 0 Å². The summed E-state index contributed by atoms with van der Waals surface area (Å²) in [5, 5.41) is 19.2. The average Bonchev–Trinajstić information content (AvgIpc) is 2.47. The van der Waals surface area contributed by atoms with E-state index in [1.54, 1.807) is 18.2 Å². The van der Waals surface area contributed by atoms with Crippen molar-refractivity contribution in [1.29, 1.82) is 5.26 Å². The van der Waals surface area contributed by atoms with Crippen molar-refractivity contribution in [3.05, 3.63) is 71.2 Å². The van der Waals surface area contributed by atoms with Crippen LogP contribution in [0.2, 0.25) is 0 Å². The first kappa shape index (κ1) is 12.1. The van der Waals surface area contributed by atoms with Crippen molar-refractivity contribution in [2.75, 3.05) is 5.73 Å². The Kier molecular flexibility index (Phi) is 2.81. The average molecular weight is 264 g/mol. The number of anilines is 1. The molecule has 0 unspecified atom stereocenters. The second kappa shape index (κ2) is 4.63. The molecule has 0 amide bonds. The molecule has 0 saturated heterocycles. The van der Waals surface area contributed by atoms with Crippen molar-refractivity contribution in [3.63, 3.8) is 0 Å². The molecule has 2 aromatic rings. The van der Waals surface area contributed by atoms with Gasteiger partial charge in [-0.3, -0.25) is 0 Å². The lowest BCUT2D eigenvalue weighted by molar-refractivity contribution is 0.194. The highest BCUT2D eigenvalue weighted by molar-refractivity contribution is 5.59. The number of aliphatic hydroxyl groups excluding tert-OH is 1. The highest BCUT2D eigenvalue weighted by atomic mass is 16.6. The molecule has 0 aliphatic carbocycles. The van der Waals surface area contributed by atoms with Crippen molar-refractivity contribution in [2.24, 2.45) is 0 Å². The maximum atomic E-state index is 9.92. The van der Waals surface area contributed by atoms with Gasteiger partial charge < -0.3 is 15.6 Å². The smallest absolute Gasteiger partial charge is 0.297 e. The zero-order valence-corrected chi connectivity index (χ0v) is 10.6. The van der Waals surface area contributed by atoms with Crippen molar-refractivity contribution >= 4 is 5.69 Å². The molecule has 20 heavy (non-hydrogen) atoms. The van der Waals surface area contributed by atoms with Crippen LogP contribution in [0.15, 0.2) is 60.0 Å². The minimum atomic E-state index is -0.367. The number of benzene rings is 2. The molecule has 4 heteroatoms. The van der Waals surface area contributed by atoms with Crippen LogP contribution >= 0.6 is 0 Å². The van der Waals surface area contributed by atoms with E-state index in [4.69, 9.17) is 10.5 Å². The molecule has 3 rings (SSSR count). The minimum absolute atomic E-state index is 0.189. The van der Waals surface area contributed by atoms with E-state index in [1.807, 2.05) is 36.4 Å². The standard InChI is InChI=1S/C16H12N2O2/c17-9-13-15(10-4-2-1-3-5-10)12-8-11(18)6-7-14(12)20-16(13)19/h1-8,15,19H,18H2/t15-/m1/s1. The number of rotatable bonds is 1. The second-order valence-electron chi connectivity index (χ2n) is 4.57. The minimum Gasteiger partial charge on any atom is -0.480 e. The van der Waals surface area contributed by atoms with Crippen LogP contribution in [0.25, 0.3) is 0 Å². The molecule has 1 atom stereocenters. The van der Waals surface area contributed by atoms with Gasteiger partial charge in [0.1, 0.15) is 17.4 Å². The van der Waals surface area contributed by atoms with Gasteiger partial charge in [0.25, 0.3) is 5.95 Å². The number of ether oxygens (including phenoxy) is 1. The van der Waals surface area contributed by atoms with Crippen LogP contribution in [0.4, 0.5) is 5.69 Å². The summed E-state index contributed by atoms with van der Waals surface area (Å²) in [6.45, 7) is 0. The van der Waals surface area contributed by atoms with Crippen LogP contribution in [0.3, 0.4) is 0 Å². The summed E-state index contributed by atoms with van der Waals surface area (Å²) in [4.78, 5) is 0. The van der Waals surface area contributed by atoms with Crippen LogP contribution in [-0.4, -0.2) is 5.11 Å². The first-order valence-electron chi connectivity index (χ1n) is 6.16. The molecule has 0 saturated carbocycles. The van der Waals surface area contributed by atoms with Crippen molar-refractivity contribution in [2.45, 2.75) is 5.92 Å². The van der Waals surface area contributed by atoms with Gasteiger partial charge >= 0.3 is 0 Å². The van der Waals surface area contributed by atoms with E-state index in [9.17, 15) is 10.4 Å². The number of fused-ring (bicyclic) bond motifs is 1. The van der Waals surface area contributed by atoms with E-state index in [0.29, 0.717) is 11.4 Å². The first-order chi connectivity index (χ1) is 9.70. The molecule has 0 bridgehead atoms. The molecule has 2 aromatic carbocycles. The van der Waals surface area contributed by atoms with Crippen molar-refractivity contribution < 1.29 is 9.84 Å². The van der Waals surface area contributed by atoms with Gasteiger partial charge in [0.05, 0.1) is 5.92 Å². The summed E-state index contributed by atoms with van der Waals surface area (Å²) in [6, 6.07) is 16.7. The Bertz CT molecular complexity index is 730. The zero-order chi connectivity index (χ0) is 14.1. The highest BCUT2D eigenvalue weighted by Crippen LogP contribution is 2.42. The molecule has 1 heterocycles. The summed E-state index contributed by atoms with van der Waals surface area (Å²) in [7, 11) is 0. The molecular weight excluding hydrogens is 252 g/mol. The van der Waals surface area contributed by atoms with E-state index in [0.717, 1.165) is 11.1 Å². The first-order valence-corrected chi connectivity index (χ1v) is 6.16. The monoisotopic (exact) mass is 264 g/mol.